The molecule has 3 rings (SSSR count). The van der Waals surface area contributed by atoms with E-state index in [0.717, 1.165) is 24.3 Å². The Hall–Kier alpha value is -2.83. The van der Waals surface area contributed by atoms with E-state index in [0.29, 0.717) is 17.2 Å². The van der Waals surface area contributed by atoms with Crippen molar-refractivity contribution < 1.29 is 4.79 Å². The molecule has 3 N–H and O–H groups in total. The zero-order chi connectivity index (χ0) is 17.3. The summed E-state index contributed by atoms with van der Waals surface area (Å²) in [5, 5.41) is 7.34. The number of rotatable bonds is 5. The molecule has 0 aliphatic carbocycles. The van der Waals surface area contributed by atoms with Crippen LogP contribution in [0.3, 0.4) is 0 Å². The van der Waals surface area contributed by atoms with Crippen LogP contribution in [-0.2, 0) is 4.79 Å². The van der Waals surface area contributed by atoms with Crippen LogP contribution in [0.25, 0.3) is 0 Å². The van der Waals surface area contributed by atoms with Crippen LogP contribution in [0.5, 0.6) is 0 Å². The van der Waals surface area contributed by atoms with Gasteiger partial charge in [0, 0.05) is 24.5 Å². The summed E-state index contributed by atoms with van der Waals surface area (Å²) in [5.41, 5.74) is 8.94. The minimum atomic E-state index is -0.459. The molecule has 1 aliphatic heterocycles. The highest BCUT2D eigenvalue weighted by Gasteiger charge is 2.32. The maximum Gasteiger partial charge on any atom is 0.248 e. The number of aromatic nitrogens is 3. The number of anilines is 2. The third kappa shape index (κ3) is 2.62. The number of nitrogens with two attached hydrogens (primary N) is 1. The number of hydrogen-bond donors (Lipinski definition) is 2. The lowest BCUT2D eigenvalue weighted by Gasteiger charge is -2.28. The fourth-order valence-electron chi connectivity index (χ4n) is 3.17. The lowest BCUT2D eigenvalue weighted by molar-refractivity contribution is -0.115. The molecule has 24 heavy (non-hydrogen) atoms. The molecule has 1 aliphatic rings. The minimum absolute atomic E-state index is 0.369. The maximum atomic E-state index is 12.0. The molecule has 0 spiro atoms. The van der Waals surface area contributed by atoms with Crippen molar-refractivity contribution in [2.24, 2.45) is 5.73 Å². The molecule has 2 heterocycles. The molecule has 1 aromatic carbocycles. The van der Waals surface area contributed by atoms with Gasteiger partial charge in [0.1, 0.15) is 12.4 Å². The first-order valence-electron chi connectivity index (χ1n) is 8.08. The quantitative estimate of drug-likeness (QED) is 0.876. The third-order valence-electron chi connectivity index (χ3n) is 4.40. The van der Waals surface area contributed by atoms with E-state index in [1.54, 1.807) is 4.68 Å². The Morgan fingerprint density at radius 1 is 1.29 bits per heavy atom. The Balaban J connectivity index is 2.05. The largest absolute Gasteiger partial charge is 0.372 e. The number of hydrogen-bond acceptors (Lipinski definition) is 5. The topological polar surface area (TPSA) is 89.1 Å². The Bertz CT molecular complexity index is 773. The molecule has 0 saturated carbocycles. The summed E-state index contributed by atoms with van der Waals surface area (Å²) in [4.78, 5) is 18.5. The zero-order valence-corrected chi connectivity index (χ0v) is 14.2. The van der Waals surface area contributed by atoms with Crippen LogP contribution >= 0.6 is 0 Å². The van der Waals surface area contributed by atoms with Crippen molar-refractivity contribution in [2.45, 2.75) is 26.8 Å². The first kappa shape index (κ1) is 16.0. The first-order chi connectivity index (χ1) is 11.6. The highest BCUT2D eigenvalue weighted by Crippen LogP contribution is 2.34. The van der Waals surface area contributed by atoms with E-state index < -0.39 is 5.91 Å². The molecule has 0 bridgehead atoms. The second kappa shape index (κ2) is 6.35. The number of nitrogens with zero attached hydrogens (tertiary/aromatic N) is 4. The molecule has 7 heteroatoms. The van der Waals surface area contributed by atoms with Gasteiger partial charge in [0.2, 0.25) is 11.9 Å². The fraction of sp³-hybridized carbons (Fsp3) is 0.353. The predicted octanol–water partition coefficient (Wildman–Crippen LogP) is 1.90. The SMILES string of the molecule is CCN(CC)c1ccc([C@H]2C(C(N)=O)=C(C)Nc3ncnn32)cc1. The Morgan fingerprint density at radius 3 is 2.54 bits per heavy atom. The van der Waals surface area contributed by atoms with Crippen LogP contribution in [-0.4, -0.2) is 33.8 Å². The summed E-state index contributed by atoms with van der Waals surface area (Å²) < 4.78 is 1.69. The van der Waals surface area contributed by atoms with Crippen LogP contribution in [0.4, 0.5) is 11.6 Å². The average molecular weight is 326 g/mol. The Labute approximate surface area is 141 Å². The molecule has 0 fully saturated rings. The molecule has 2 aromatic rings. The maximum absolute atomic E-state index is 12.0. The monoisotopic (exact) mass is 326 g/mol. The number of fused-ring (bicyclic) bond motifs is 1. The number of carbonyl (C=O) groups is 1. The average Bonchev–Trinajstić information content (AvgIpc) is 3.03. The zero-order valence-electron chi connectivity index (χ0n) is 14.2. The van der Waals surface area contributed by atoms with E-state index in [4.69, 9.17) is 5.73 Å². The number of nitrogens with one attached hydrogen (secondary N) is 1. The second-order valence-corrected chi connectivity index (χ2v) is 5.72. The van der Waals surface area contributed by atoms with Gasteiger partial charge in [-0.3, -0.25) is 4.79 Å². The van der Waals surface area contributed by atoms with Crippen molar-refractivity contribution in [3.8, 4) is 0 Å². The van der Waals surface area contributed by atoms with Gasteiger partial charge in [0.15, 0.2) is 0 Å². The minimum Gasteiger partial charge on any atom is -0.372 e. The highest BCUT2D eigenvalue weighted by molar-refractivity contribution is 5.95. The summed E-state index contributed by atoms with van der Waals surface area (Å²) in [5.74, 6) is 0.147. The van der Waals surface area contributed by atoms with Crippen molar-refractivity contribution in [3.05, 3.63) is 47.4 Å². The lowest BCUT2D eigenvalue weighted by atomic mass is 9.95. The highest BCUT2D eigenvalue weighted by atomic mass is 16.1. The smallest absolute Gasteiger partial charge is 0.248 e. The van der Waals surface area contributed by atoms with E-state index in [1.807, 2.05) is 19.1 Å². The summed E-state index contributed by atoms with van der Waals surface area (Å²) in [6, 6.07) is 7.80. The van der Waals surface area contributed by atoms with Crippen molar-refractivity contribution in [2.75, 3.05) is 23.3 Å². The molecule has 1 aromatic heterocycles. The molecule has 0 radical (unpaired) electrons. The van der Waals surface area contributed by atoms with Gasteiger partial charge in [0.05, 0.1) is 5.57 Å². The van der Waals surface area contributed by atoms with Crippen molar-refractivity contribution in [3.63, 3.8) is 0 Å². The van der Waals surface area contributed by atoms with Gasteiger partial charge < -0.3 is 16.0 Å². The third-order valence-corrected chi connectivity index (χ3v) is 4.40. The molecule has 0 unspecified atom stereocenters. The number of amides is 1. The van der Waals surface area contributed by atoms with Crippen LogP contribution in [0.2, 0.25) is 0 Å². The number of primary amides is 1. The van der Waals surface area contributed by atoms with E-state index in [2.05, 4.69) is 46.3 Å². The van der Waals surface area contributed by atoms with Crippen LogP contribution in [0.15, 0.2) is 41.9 Å². The Morgan fingerprint density at radius 2 is 1.96 bits per heavy atom. The molecule has 1 amide bonds. The van der Waals surface area contributed by atoms with Crippen LogP contribution in [0.1, 0.15) is 32.4 Å². The standard InChI is InChI=1S/C17H22N6O/c1-4-22(5-2)13-8-6-12(7-9-13)15-14(16(18)24)11(3)21-17-19-10-20-23(15)17/h6-10,15H,4-5H2,1-3H3,(H2,18,24)(H,19,20,21)/t15-/m0/s1. The van der Waals surface area contributed by atoms with Gasteiger partial charge in [-0.2, -0.15) is 10.1 Å². The molecular weight excluding hydrogens is 304 g/mol. The fourth-order valence-corrected chi connectivity index (χ4v) is 3.17. The molecular formula is C17H22N6O. The van der Waals surface area contributed by atoms with Gasteiger partial charge in [-0.05, 0) is 38.5 Å². The van der Waals surface area contributed by atoms with Gasteiger partial charge in [-0.1, -0.05) is 12.1 Å². The number of allylic oxidation sites excluding steroid dienone is 1. The summed E-state index contributed by atoms with van der Waals surface area (Å²) in [7, 11) is 0. The molecule has 1 atom stereocenters. The van der Waals surface area contributed by atoms with Gasteiger partial charge in [0.25, 0.3) is 0 Å². The second-order valence-electron chi connectivity index (χ2n) is 5.72. The lowest BCUT2D eigenvalue weighted by Crippen LogP contribution is -2.31. The van der Waals surface area contributed by atoms with E-state index >= 15 is 0 Å². The molecule has 7 nitrogen and oxygen atoms in total. The van der Waals surface area contributed by atoms with Crippen LogP contribution in [0, 0.1) is 0 Å². The van der Waals surface area contributed by atoms with Crippen LogP contribution < -0.4 is 16.0 Å². The first-order valence-corrected chi connectivity index (χ1v) is 8.08. The number of carbonyl (C=O) groups excluding carboxylic acids is 1. The van der Waals surface area contributed by atoms with E-state index in [9.17, 15) is 4.79 Å². The van der Waals surface area contributed by atoms with Crippen molar-refractivity contribution in [1.82, 2.24) is 14.8 Å². The van der Waals surface area contributed by atoms with Gasteiger partial charge >= 0.3 is 0 Å². The summed E-state index contributed by atoms with van der Waals surface area (Å²) in [6.07, 6.45) is 1.47. The number of benzene rings is 1. The van der Waals surface area contributed by atoms with E-state index in [-0.39, 0.29) is 6.04 Å². The van der Waals surface area contributed by atoms with E-state index in [1.165, 1.54) is 6.33 Å². The summed E-state index contributed by atoms with van der Waals surface area (Å²) in [6.45, 7) is 7.98. The Kier molecular flexibility index (Phi) is 4.24. The molecule has 126 valence electrons. The predicted molar refractivity (Wildman–Crippen MR) is 93.7 cm³/mol. The molecule has 0 saturated heterocycles. The van der Waals surface area contributed by atoms with Gasteiger partial charge in [-0.15, -0.1) is 0 Å². The van der Waals surface area contributed by atoms with Crippen molar-refractivity contribution >= 4 is 17.5 Å². The summed E-state index contributed by atoms with van der Waals surface area (Å²) >= 11 is 0. The van der Waals surface area contributed by atoms with Gasteiger partial charge in [-0.25, -0.2) is 4.68 Å². The van der Waals surface area contributed by atoms with Crippen molar-refractivity contribution in [1.29, 1.82) is 0 Å². The normalized spacial score (nSPS) is 16.5.